The number of halogens is 1. The first-order valence-corrected chi connectivity index (χ1v) is 10.2. The summed E-state index contributed by atoms with van der Waals surface area (Å²) < 4.78 is 28.3. The molecule has 1 amide bonds. The lowest BCUT2D eigenvalue weighted by molar-refractivity contribution is -0.111. The van der Waals surface area contributed by atoms with Gasteiger partial charge in [-0.2, -0.15) is 0 Å². The molecule has 7 heteroatoms. The molecule has 0 saturated heterocycles. The van der Waals surface area contributed by atoms with Gasteiger partial charge in [0.25, 0.3) is 0 Å². The summed E-state index contributed by atoms with van der Waals surface area (Å²) in [6, 6.07) is 13.7. The maximum Gasteiger partial charge on any atom is 0.248 e. The zero-order valence-electron chi connectivity index (χ0n) is 14.8. The van der Waals surface area contributed by atoms with Crippen molar-refractivity contribution >= 4 is 43.6 Å². The summed E-state index contributed by atoms with van der Waals surface area (Å²) >= 11 is 3.35. The van der Waals surface area contributed by atoms with Crippen LogP contribution in [0.3, 0.4) is 0 Å². The van der Waals surface area contributed by atoms with Gasteiger partial charge in [-0.3, -0.25) is 4.79 Å². The van der Waals surface area contributed by atoms with Crippen molar-refractivity contribution in [2.75, 3.05) is 5.32 Å². The Morgan fingerprint density at radius 1 is 1.08 bits per heavy atom. The first kappa shape index (κ1) is 20.4. The highest BCUT2D eigenvalue weighted by Crippen LogP contribution is 2.18. The lowest BCUT2D eigenvalue weighted by Crippen LogP contribution is -2.40. The second kappa shape index (κ2) is 8.16. The van der Waals surface area contributed by atoms with Crippen molar-refractivity contribution < 1.29 is 13.2 Å². The molecule has 0 heterocycles. The van der Waals surface area contributed by atoms with Crippen LogP contribution >= 0.6 is 15.9 Å². The number of carbonyl (C=O) groups is 1. The van der Waals surface area contributed by atoms with Crippen LogP contribution in [0.2, 0.25) is 0 Å². The number of hydrogen-bond donors (Lipinski definition) is 2. The molecule has 26 heavy (non-hydrogen) atoms. The van der Waals surface area contributed by atoms with Gasteiger partial charge in [0.2, 0.25) is 15.9 Å². The monoisotopic (exact) mass is 436 g/mol. The Morgan fingerprint density at radius 2 is 1.73 bits per heavy atom. The maximum atomic E-state index is 12.4. The van der Waals surface area contributed by atoms with E-state index in [1.807, 2.05) is 24.3 Å². The van der Waals surface area contributed by atoms with E-state index in [-0.39, 0.29) is 10.8 Å². The maximum absolute atomic E-state index is 12.4. The largest absolute Gasteiger partial charge is 0.322 e. The fourth-order valence-corrected chi connectivity index (χ4v) is 3.86. The van der Waals surface area contributed by atoms with Gasteiger partial charge >= 0.3 is 0 Å². The molecule has 0 unspecified atom stereocenters. The number of benzene rings is 2. The summed E-state index contributed by atoms with van der Waals surface area (Å²) in [7, 11) is -3.66. The molecular formula is C19H21BrN2O3S. The molecule has 0 radical (unpaired) electrons. The molecule has 2 aromatic carbocycles. The van der Waals surface area contributed by atoms with Crippen LogP contribution in [0, 0.1) is 0 Å². The van der Waals surface area contributed by atoms with Crippen molar-refractivity contribution in [1.29, 1.82) is 0 Å². The van der Waals surface area contributed by atoms with Gasteiger partial charge in [-0.05, 0) is 62.7 Å². The number of anilines is 1. The van der Waals surface area contributed by atoms with Crippen molar-refractivity contribution in [3.05, 3.63) is 64.6 Å². The van der Waals surface area contributed by atoms with Crippen molar-refractivity contribution in [1.82, 2.24) is 4.72 Å². The fraction of sp³-hybridized carbons (Fsp3) is 0.211. The average molecular weight is 437 g/mol. The summed E-state index contributed by atoms with van der Waals surface area (Å²) in [6.45, 7) is 5.30. The summed E-state index contributed by atoms with van der Waals surface area (Å²) in [5.41, 5.74) is 0.701. The number of carbonyl (C=O) groups excluding carboxylic acids is 1. The third kappa shape index (κ3) is 6.40. The minimum absolute atomic E-state index is 0.0992. The van der Waals surface area contributed by atoms with Gasteiger partial charge in [0.1, 0.15) is 0 Å². The molecule has 2 aromatic rings. The van der Waals surface area contributed by atoms with Crippen molar-refractivity contribution in [3.8, 4) is 0 Å². The summed E-state index contributed by atoms with van der Waals surface area (Å²) in [5.74, 6) is -0.341. The fourth-order valence-electron chi connectivity index (χ4n) is 2.13. The lowest BCUT2D eigenvalue weighted by atomic mass is 10.1. The zero-order valence-corrected chi connectivity index (χ0v) is 17.2. The third-order valence-corrected chi connectivity index (χ3v) is 5.43. The van der Waals surface area contributed by atoms with Gasteiger partial charge in [-0.25, -0.2) is 13.1 Å². The number of nitrogens with one attached hydrogen (secondary N) is 2. The minimum Gasteiger partial charge on any atom is -0.322 e. The van der Waals surface area contributed by atoms with Crippen LogP contribution in [-0.2, 0) is 14.8 Å². The van der Waals surface area contributed by atoms with E-state index in [1.54, 1.807) is 39.0 Å². The van der Waals surface area contributed by atoms with E-state index in [1.165, 1.54) is 18.2 Å². The molecule has 5 nitrogen and oxygen atoms in total. The van der Waals surface area contributed by atoms with E-state index in [0.717, 1.165) is 10.0 Å². The van der Waals surface area contributed by atoms with Crippen LogP contribution in [0.1, 0.15) is 26.3 Å². The SMILES string of the molecule is CC(C)(C)NS(=O)(=O)c1cccc(NC(=O)/C=C/c2ccc(Br)cc2)c1. The van der Waals surface area contributed by atoms with Crippen LogP contribution in [0.4, 0.5) is 5.69 Å². The van der Waals surface area contributed by atoms with Crippen LogP contribution in [0.25, 0.3) is 6.08 Å². The van der Waals surface area contributed by atoms with E-state index in [0.29, 0.717) is 5.69 Å². The normalized spacial score (nSPS) is 12.3. The van der Waals surface area contributed by atoms with Crippen LogP contribution in [0.5, 0.6) is 0 Å². The molecule has 0 saturated carbocycles. The standard InChI is InChI=1S/C19H21BrN2O3S/c1-19(2,3)22-26(24,25)17-6-4-5-16(13-17)21-18(23)12-9-14-7-10-15(20)11-8-14/h4-13,22H,1-3H3,(H,21,23)/b12-9+. The molecule has 0 aromatic heterocycles. The van der Waals surface area contributed by atoms with Gasteiger partial charge < -0.3 is 5.32 Å². The molecule has 0 aliphatic heterocycles. The number of hydrogen-bond acceptors (Lipinski definition) is 3. The van der Waals surface area contributed by atoms with E-state index < -0.39 is 15.6 Å². The first-order valence-electron chi connectivity index (χ1n) is 7.94. The van der Waals surface area contributed by atoms with E-state index in [4.69, 9.17) is 0 Å². The molecule has 2 N–H and O–H groups in total. The van der Waals surface area contributed by atoms with E-state index in [2.05, 4.69) is 26.0 Å². The number of amides is 1. The van der Waals surface area contributed by atoms with Gasteiger partial charge in [0, 0.05) is 21.8 Å². The molecule has 0 aliphatic carbocycles. The zero-order chi connectivity index (χ0) is 19.4. The number of sulfonamides is 1. The number of rotatable bonds is 5. The molecule has 0 spiro atoms. The van der Waals surface area contributed by atoms with Crippen molar-refractivity contribution in [3.63, 3.8) is 0 Å². The second-order valence-electron chi connectivity index (χ2n) is 6.76. The summed E-state index contributed by atoms with van der Waals surface area (Å²) in [6.07, 6.45) is 3.08. The van der Waals surface area contributed by atoms with E-state index >= 15 is 0 Å². The molecule has 0 aliphatic rings. The molecular weight excluding hydrogens is 416 g/mol. The first-order chi connectivity index (χ1) is 12.0. The van der Waals surface area contributed by atoms with Gasteiger partial charge in [-0.15, -0.1) is 0 Å². The summed E-state index contributed by atoms with van der Waals surface area (Å²) in [4.78, 5) is 12.2. The van der Waals surface area contributed by atoms with E-state index in [9.17, 15) is 13.2 Å². The molecule has 0 atom stereocenters. The Balaban J connectivity index is 2.10. The highest BCUT2D eigenvalue weighted by atomic mass is 79.9. The molecule has 138 valence electrons. The molecule has 2 rings (SSSR count). The Labute approximate surface area is 162 Å². The Morgan fingerprint density at radius 3 is 2.35 bits per heavy atom. The molecule has 0 fully saturated rings. The predicted molar refractivity (Wildman–Crippen MR) is 108 cm³/mol. The smallest absolute Gasteiger partial charge is 0.248 e. The van der Waals surface area contributed by atoms with Gasteiger partial charge in [0.15, 0.2) is 0 Å². The van der Waals surface area contributed by atoms with Crippen LogP contribution in [0.15, 0.2) is 64.0 Å². The predicted octanol–water partition coefficient (Wildman–Crippen LogP) is 4.18. The lowest BCUT2D eigenvalue weighted by Gasteiger charge is -2.20. The highest BCUT2D eigenvalue weighted by molar-refractivity contribution is 9.10. The second-order valence-corrected chi connectivity index (χ2v) is 9.36. The molecule has 0 bridgehead atoms. The average Bonchev–Trinajstić information content (AvgIpc) is 2.52. The Bertz CT molecular complexity index is 915. The highest BCUT2D eigenvalue weighted by Gasteiger charge is 2.22. The minimum atomic E-state index is -3.66. The third-order valence-electron chi connectivity index (χ3n) is 3.15. The Kier molecular flexibility index (Phi) is 6.39. The van der Waals surface area contributed by atoms with Crippen molar-refractivity contribution in [2.24, 2.45) is 0 Å². The Hall–Kier alpha value is -1.96. The van der Waals surface area contributed by atoms with Gasteiger partial charge in [-0.1, -0.05) is 34.1 Å². The van der Waals surface area contributed by atoms with Crippen LogP contribution in [-0.4, -0.2) is 19.9 Å². The quantitative estimate of drug-likeness (QED) is 0.690. The topological polar surface area (TPSA) is 75.3 Å². The van der Waals surface area contributed by atoms with Crippen LogP contribution < -0.4 is 10.0 Å². The summed E-state index contributed by atoms with van der Waals surface area (Å²) in [5, 5.41) is 2.67. The van der Waals surface area contributed by atoms with Gasteiger partial charge in [0.05, 0.1) is 4.90 Å². The van der Waals surface area contributed by atoms with Crippen molar-refractivity contribution in [2.45, 2.75) is 31.2 Å².